The molecule has 0 spiro atoms. The SMILES string of the molecule is C=C1O[C@H](COCc2ccccc2)[C@@H](OCc2ccccc2)[C@H](OCc2ccccc2)[C@H]1OC(=O)NC(=O)OC(C)(C)C. The van der Waals surface area contributed by atoms with Crippen LogP contribution in [0.4, 0.5) is 9.59 Å². The molecule has 0 unspecified atom stereocenters. The number of carbonyl (C=O) groups excluding carboxylic acids is 2. The zero-order valence-electron chi connectivity index (χ0n) is 24.8. The topological polar surface area (TPSA) is 102 Å². The van der Waals surface area contributed by atoms with Crippen molar-refractivity contribution >= 4 is 12.2 Å². The van der Waals surface area contributed by atoms with Crippen molar-refractivity contribution < 1.29 is 38.0 Å². The van der Waals surface area contributed by atoms with Gasteiger partial charge in [0.25, 0.3) is 0 Å². The maximum absolute atomic E-state index is 12.8. The number of carbonyl (C=O) groups is 2. The first-order valence-electron chi connectivity index (χ1n) is 14.2. The summed E-state index contributed by atoms with van der Waals surface area (Å²) >= 11 is 0. The van der Waals surface area contributed by atoms with E-state index >= 15 is 0 Å². The number of rotatable bonds is 11. The van der Waals surface area contributed by atoms with Crippen LogP contribution < -0.4 is 5.32 Å². The highest BCUT2D eigenvalue weighted by Gasteiger charge is 2.47. The number of benzene rings is 3. The number of hydrogen-bond donors (Lipinski definition) is 1. The summed E-state index contributed by atoms with van der Waals surface area (Å²) in [7, 11) is 0. The van der Waals surface area contributed by atoms with Gasteiger partial charge in [-0.3, -0.25) is 0 Å². The van der Waals surface area contributed by atoms with Crippen molar-refractivity contribution in [1.29, 1.82) is 0 Å². The van der Waals surface area contributed by atoms with Gasteiger partial charge in [0, 0.05) is 0 Å². The number of imide groups is 1. The Morgan fingerprint density at radius 1 is 0.744 bits per heavy atom. The molecule has 1 heterocycles. The summed E-state index contributed by atoms with van der Waals surface area (Å²) in [5, 5.41) is 2.09. The number of amides is 2. The van der Waals surface area contributed by atoms with Crippen LogP contribution in [0.5, 0.6) is 0 Å². The summed E-state index contributed by atoms with van der Waals surface area (Å²) in [5.41, 5.74) is 2.07. The third-order valence-electron chi connectivity index (χ3n) is 6.41. The lowest BCUT2D eigenvalue weighted by atomic mass is 9.97. The maximum Gasteiger partial charge on any atom is 0.417 e. The van der Waals surface area contributed by atoms with E-state index in [9.17, 15) is 9.59 Å². The highest BCUT2D eigenvalue weighted by molar-refractivity contribution is 5.87. The fourth-order valence-electron chi connectivity index (χ4n) is 4.47. The normalized spacial score (nSPS) is 20.1. The standard InChI is InChI=1S/C34H39NO8/c1-24-29(42-32(36)35-33(37)43-34(2,3)4)31(40-22-27-18-12-7-13-19-27)30(39-21-26-16-10-6-11-17-26)28(41-24)23-38-20-25-14-8-5-9-15-25/h5-19,28-31H,1,20-23H2,2-4H3,(H,35,36,37)/t28-,29+,30-,31-/m1/s1. The zero-order valence-corrected chi connectivity index (χ0v) is 24.8. The van der Waals surface area contributed by atoms with Gasteiger partial charge >= 0.3 is 12.2 Å². The Hall–Kier alpha value is -4.18. The first kappa shape index (κ1) is 31.7. The van der Waals surface area contributed by atoms with E-state index in [0.29, 0.717) is 6.61 Å². The number of alkyl carbamates (subject to hydrolysis) is 2. The molecule has 0 aliphatic carbocycles. The number of ether oxygens (including phenoxy) is 6. The van der Waals surface area contributed by atoms with Crippen LogP contribution in [0.15, 0.2) is 103 Å². The Bertz CT molecular complexity index is 1310. The molecule has 9 nitrogen and oxygen atoms in total. The highest BCUT2D eigenvalue weighted by Crippen LogP contribution is 2.31. The third-order valence-corrected chi connectivity index (χ3v) is 6.41. The Morgan fingerprint density at radius 3 is 1.74 bits per heavy atom. The monoisotopic (exact) mass is 589 g/mol. The number of hydrogen-bond acceptors (Lipinski definition) is 8. The molecule has 3 aromatic carbocycles. The molecule has 1 aliphatic rings. The molecule has 1 fully saturated rings. The van der Waals surface area contributed by atoms with Crippen LogP contribution in [0.1, 0.15) is 37.5 Å². The van der Waals surface area contributed by atoms with Crippen molar-refractivity contribution in [3.63, 3.8) is 0 Å². The van der Waals surface area contributed by atoms with Gasteiger partial charge in [-0.2, -0.15) is 0 Å². The van der Waals surface area contributed by atoms with E-state index in [4.69, 9.17) is 28.4 Å². The second-order valence-electron chi connectivity index (χ2n) is 11.1. The van der Waals surface area contributed by atoms with Crippen LogP contribution in [0.3, 0.4) is 0 Å². The minimum atomic E-state index is -1.10. The minimum Gasteiger partial charge on any atom is -0.486 e. The predicted molar refractivity (Wildman–Crippen MR) is 160 cm³/mol. The molecule has 43 heavy (non-hydrogen) atoms. The van der Waals surface area contributed by atoms with Crippen LogP contribution in [0.2, 0.25) is 0 Å². The fourth-order valence-corrected chi connectivity index (χ4v) is 4.47. The highest BCUT2D eigenvalue weighted by atomic mass is 16.6. The summed E-state index contributed by atoms with van der Waals surface area (Å²) in [4.78, 5) is 25.1. The van der Waals surface area contributed by atoms with Gasteiger partial charge in [-0.1, -0.05) is 97.6 Å². The molecule has 0 bridgehead atoms. The van der Waals surface area contributed by atoms with Crippen LogP contribution in [0, 0.1) is 0 Å². The largest absolute Gasteiger partial charge is 0.486 e. The van der Waals surface area contributed by atoms with Gasteiger partial charge in [0.15, 0.2) is 12.2 Å². The minimum absolute atomic E-state index is 0.144. The van der Waals surface area contributed by atoms with Crippen LogP contribution in [0.25, 0.3) is 0 Å². The van der Waals surface area contributed by atoms with Gasteiger partial charge in [0.05, 0.1) is 26.4 Å². The van der Waals surface area contributed by atoms with Crippen LogP contribution in [-0.4, -0.2) is 48.8 Å². The van der Waals surface area contributed by atoms with Crippen molar-refractivity contribution in [2.45, 2.75) is 70.6 Å². The smallest absolute Gasteiger partial charge is 0.417 e. The van der Waals surface area contributed by atoms with Gasteiger partial charge in [-0.25, -0.2) is 14.9 Å². The lowest BCUT2D eigenvalue weighted by Gasteiger charge is -2.42. The van der Waals surface area contributed by atoms with Crippen LogP contribution in [-0.2, 0) is 48.2 Å². The fraction of sp³-hybridized carbons (Fsp3) is 0.353. The van der Waals surface area contributed by atoms with E-state index < -0.39 is 42.2 Å². The van der Waals surface area contributed by atoms with Gasteiger partial charge < -0.3 is 28.4 Å². The van der Waals surface area contributed by atoms with E-state index in [1.165, 1.54) is 0 Å². The molecule has 1 N–H and O–H groups in total. The molecule has 2 amide bonds. The molecule has 228 valence electrons. The third kappa shape index (κ3) is 10.2. The van der Waals surface area contributed by atoms with Gasteiger partial charge in [-0.15, -0.1) is 0 Å². The average molecular weight is 590 g/mol. The maximum atomic E-state index is 12.8. The molecule has 0 radical (unpaired) electrons. The average Bonchev–Trinajstić information content (AvgIpc) is 2.97. The Labute approximate surface area is 252 Å². The van der Waals surface area contributed by atoms with Crippen molar-refractivity contribution in [1.82, 2.24) is 5.32 Å². The molecule has 3 aromatic rings. The van der Waals surface area contributed by atoms with Crippen molar-refractivity contribution in [2.75, 3.05) is 6.61 Å². The molecule has 4 atom stereocenters. The van der Waals surface area contributed by atoms with Gasteiger partial charge in [0.2, 0.25) is 0 Å². The first-order valence-corrected chi connectivity index (χ1v) is 14.2. The quantitative estimate of drug-likeness (QED) is 0.277. The van der Waals surface area contributed by atoms with E-state index in [-0.39, 0.29) is 25.6 Å². The van der Waals surface area contributed by atoms with Crippen LogP contribution >= 0.6 is 0 Å². The summed E-state index contributed by atoms with van der Waals surface area (Å²) < 4.78 is 35.9. The predicted octanol–water partition coefficient (Wildman–Crippen LogP) is 6.32. The second-order valence-corrected chi connectivity index (χ2v) is 11.1. The Balaban J connectivity index is 1.55. The molecular weight excluding hydrogens is 550 g/mol. The summed E-state index contributed by atoms with van der Waals surface area (Å²) in [5.74, 6) is 0.144. The molecular formula is C34H39NO8. The Morgan fingerprint density at radius 2 is 1.23 bits per heavy atom. The molecule has 0 saturated carbocycles. The summed E-state index contributed by atoms with van der Waals surface area (Å²) in [6.45, 7) is 10.1. The molecule has 1 saturated heterocycles. The molecule has 0 aromatic heterocycles. The summed E-state index contributed by atoms with van der Waals surface area (Å²) in [6, 6.07) is 29.1. The van der Waals surface area contributed by atoms with Gasteiger partial charge in [0.1, 0.15) is 23.6 Å². The zero-order chi connectivity index (χ0) is 30.7. The Kier molecular flexibility index (Phi) is 11.3. The molecule has 9 heteroatoms. The van der Waals surface area contributed by atoms with E-state index in [1.807, 2.05) is 91.0 Å². The second kappa shape index (κ2) is 15.3. The molecule has 4 rings (SSSR count). The first-order chi connectivity index (χ1) is 20.7. The van der Waals surface area contributed by atoms with E-state index in [2.05, 4.69) is 11.9 Å². The van der Waals surface area contributed by atoms with E-state index in [1.54, 1.807) is 20.8 Å². The summed E-state index contributed by atoms with van der Waals surface area (Å²) in [6.07, 6.45) is -5.28. The molecule has 1 aliphatic heterocycles. The van der Waals surface area contributed by atoms with Crippen molar-refractivity contribution in [2.24, 2.45) is 0 Å². The van der Waals surface area contributed by atoms with Crippen molar-refractivity contribution in [3.05, 3.63) is 120 Å². The van der Waals surface area contributed by atoms with Crippen molar-refractivity contribution in [3.8, 4) is 0 Å². The van der Waals surface area contributed by atoms with E-state index in [0.717, 1.165) is 16.7 Å². The number of nitrogens with one attached hydrogen (secondary N) is 1. The van der Waals surface area contributed by atoms with Gasteiger partial charge in [-0.05, 0) is 37.5 Å². The lowest BCUT2D eigenvalue weighted by molar-refractivity contribution is -0.211. The lowest BCUT2D eigenvalue weighted by Crippen LogP contribution is -2.57.